The topological polar surface area (TPSA) is 103 Å². The Hall–Kier alpha value is -3.27. The van der Waals surface area contributed by atoms with Crippen molar-refractivity contribution >= 4 is 22.5 Å². The molecule has 0 saturated heterocycles. The van der Waals surface area contributed by atoms with E-state index in [1.54, 1.807) is 12.1 Å². The van der Waals surface area contributed by atoms with Gasteiger partial charge in [0.05, 0.1) is 30.0 Å². The summed E-state index contributed by atoms with van der Waals surface area (Å²) in [5.41, 5.74) is -0.976. The van der Waals surface area contributed by atoms with E-state index in [0.29, 0.717) is 31.0 Å². The van der Waals surface area contributed by atoms with Crippen molar-refractivity contribution in [2.45, 2.75) is 57.1 Å². The molecule has 0 atom stereocenters. The van der Waals surface area contributed by atoms with E-state index in [2.05, 4.69) is 10.4 Å². The molecule has 1 aliphatic rings. The number of anilines is 1. The number of carbonyl (C=O) groups is 1. The van der Waals surface area contributed by atoms with Crippen molar-refractivity contribution in [2.24, 2.45) is 0 Å². The molecule has 1 aromatic carbocycles. The third-order valence-electron chi connectivity index (χ3n) is 6.13. The van der Waals surface area contributed by atoms with Gasteiger partial charge in [-0.25, -0.2) is 0 Å². The molecule has 2 heterocycles. The zero-order chi connectivity index (χ0) is 24.0. The van der Waals surface area contributed by atoms with Crippen LogP contribution in [0, 0.1) is 5.21 Å². The zero-order valence-electron chi connectivity index (χ0n) is 18.6. The van der Waals surface area contributed by atoms with E-state index < -0.39 is 28.8 Å². The number of fused-ring (bicyclic) bond motifs is 1. The lowest BCUT2D eigenvalue weighted by Crippen LogP contribution is -2.43. The summed E-state index contributed by atoms with van der Waals surface area (Å²) in [4.78, 5) is 12.8. The Labute approximate surface area is 189 Å². The lowest BCUT2D eigenvalue weighted by atomic mass is 9.84. The van der Waals surface area contributed by atoms with Crippen LogP contribution in [0.15, 0.2) is 36.5 Å². The molecule has 176 valence electrons. The maximum atomic E-state index is 13.7. The molecule has 2 N–H and O–H groups in total. The number of hydrogen-bond donors (Lipinski definition) is 2. The highest BCUT2D eigenvalue weighted by Crippen LogP contribution is 2.36. The molecule has 3 aromatic rings. The largest absolute Gasteiger partial charge is 0.618 e. The predicted octanol–water partition coefficient (Wildman–Crippen LogP) is 3.91. The fourth-order valence-electron chi connectivity index (χ4n) is 4.19. The van der Waals surface area contributed by atoms with Crippen LogP contribution in [0.3, 0.4) is 0 Å². The summed E-state index contributed by atoms with van der Waals surface area (Å²) in [6.45, 7) is 2.44. The first-order chi connectivity index (χ1) is 15.5. The van der Waals surface area contributed by atoms with Gasteiger partial charge in [-0.15, -0.1) is 0 Å². The Balaban J connectivity index is 1.62. The van der Waals surface area contributed by atoms with Crippen LogP contribution in [0.1, 0.15) is 61.8 Å². The first-order valence-electron chi connectivity index (χ1n) is 10.7. The summed E-state index contributed by atoms with van der Waals surface area (Å²) < 4.78 is 34.5. The van der Waals surface area contributed by atoms with Gasteiger partial charge in [0.2, 0.25) is 0 Å². The number of nitrogens with one attached hydrogen (secondary N) is 1. The Morgan fingerprint density at radius 1 is 1.36 bits per heavy atom. The third kappa shape index (κ3) is 4.61. The van der Waals surface area contributed by atoms with Crippen LogP contribution < -0.4 is 14.8 Å². The van der Waals surface area contributed by atoms with Crippen molar-refractivity contribution in [2.75, 3.05) is 12.4 Å². The Kier molecular flexibility index (Phi) is 5.73. The van der Waals surface area contributed by atoms with Crippen LogP contribution in [0.25, 0.3) is 10.9 Å². The number of aromatic nitrogens is 3. The van der Waals surface area contributed by atoms with Crippen molar-refractivity contribution in [3.05, 3.63) is 53.1 Å². The number of alkyl halides is 2. The molecule has 1 fully saturated rings. The standard InChI is InChI=1S/C23H26F2N4O4/c1-22(31)9-7-15(8-10-22)28-13-14-11-17(19(33-3)12-16(14)27-28)26-21(30)18-5-4-6-20(29(18)32)23(2,24)25/h4-6,11-13,15,31H,7-10H2,1-3H3,(H,26,30). The van der Waals surface area contributed by atoms with E-state index >= 15 is 0 Å². The Morgan fingerprint density at radius 2 is 2.06 bits per heavy atom. The maximum absolute atomic E-state index is 13.7. The average molecular weight is 460 g/mol. The molecule has 1 amide bonds. The van der Waals surface area contributed by atoms with E-state index in [1.165, 1.54) is 19.2 Å². The highest BCUT2D eigenvalue weighted by Gasteiger charge is 2.35. The molecule has 1 saturated carbocycles. The van der Waals surface area contributed by atoms with E-state index in [1.807, 2.05) is 17.8 Å². The van der Waals surface area contributed by atoms with Gasteiger partial charge in [0.25, 0.3) is 11.4 Å². The minimum Gasteiger partial charge on any atom is -0.618 e. The quantitative estimate of drug-likeness (QED) is 0.444. The van der Waals surface area contributed by atoms with Crippen LogP contribution in [0.2, 0.25) is 0 Å². The number of ether oxygens (including phenoxy) is 1. The van der Waals surface area contributed by atoms with Crippen molar-refractivity contribution in [3.63, 3.8) is 0 Å². The number of aliphatic hydroxyl groups is 1. The van der Waals surface area contributed by atoms with Crippen molar-refractivity contribution < 1.29 is 28.1 Å². The van der Waals surface area contributed by atoms with Gasteiger partial charge in [-0.1, -0.05) is 0 Å². The molecule has 2 aromatic heterocycles. The zero-order valence-corrected chi connectivity index (χ0v) is 18.6. The molecular formula is C23H26F2N4O4. The number of methoxy groups -OCH3 is 1. The van der Waals surface area contributed by atoms with Crippen LogP contribution in [-0.4, -0.2) is 33.5 Å². The molecule has 0 unspecified atom stereocenters. The second-order valence-electron chi connectivity index (χ2n) is 8.88. The molecule has 0 bridgehead atoms. The van der Waals surface area contributed by atoms with Gasteiger partial charge in [-0.3, -0.25) is 9.48 Å². The van der Waals surface area contributed by atoms with E-state index in [4.69, 9.17) is 4.74 Å². The van der Waals surface area contributed by atoms with Gasteiger partial charge in [0, 0.05) is 36.7 Å². The lowest BCUT2D eigenvalue weighted by molar-refractivity contribution is -0.626. The number of benzene rings is 1. The predicted molar refractivity (Wildman–Crippen MR) is 117 cm³/mol. The average Bonchev–Trinajstić information content (AvgIpc) is 3.15. The second kappa shape index (κ2) is 8.26. The van der Waals surface area contributed by atoms with E-state index in [0.717, 1.165) is 24.3 Å². The summed E-state index contributed by atoms with van der Waals surface area (Å²) in [7, 11) is 1.43. The van der Waals surface area contributed by atoms with Crippen molar-refractivity contribution in [3.8, 4) is 5.75 Å². The SMILES string of the molecule is COc1cc2nn(C3CCC(C)(O)CC3)cc2cc1NC(=O)c1cccc(C(C)(F)F)[n+]1[O-]. The Bertz CT molecular complexity index is 1190. The summed E-state index contributed by atoms with van der Waals surface area (Å²) in [6, 6.07) is 6.89. The Morgan fingerprint density at radius 3 is 2.70 bits per heavy atom. The fraction of sp³-hybridized carbons (Fsp3) is 0.435. The number of hydrogen-bond acceptors (Lipinski definition) is 5. The molecule has 8 nitrogen and oxygen atoms in total. The van der Waals surface area contributed by atoms with Crippen molar-refractivity contribution in [1.29, 1.82) is 0 Å². The molecule has 0 radical (unpaired) electrons. The highest BCUT2D eigenvalue weighted by atomic mass is 19.3. The summed E-state index contributed by atoms with van der Waals surface area (Å²) >= 11 is 0. The smallest absolute Gasteiger partial charge is 0.328 e. The number of halogens is 2. The van der Waals surface area contributed by atoms with E-state index in [9.17, 15) is 23.9 Å². The number of amides is 1. The highest BCUT2D eigenvalue weighted by molar-refractivity contribution is 6.04. The monoisotopic (exact) mass is 460 g/mol. The molecule has 4 rings (SSSR count). The van der Waals surface area contributed by atoms with Crippen molar-refractivity contribution in [1.82, 2.24) is 9.78 Å². The molecule has 33 heavy (non-hydrogen) atoms. The second-order valence-corrected chi connectivity index (χ2v) is 8.88. The van der Waals surface area contributed by atoms with E-state index in [-0.39, 0.29) is 16.5 Å². The van der Waals surface area contributed by atoms with Crippen LogP contribution in [0.5, 0.6) is 5.75 Å². The fourth-order valence-corrected chi connectivity index (χ4v) is 4.19. The van der Waals surface area contributed by atoms with Gasteiger partial charge >= 0.3 is 11.8 Å². The normalized spacial score (nSPS) is 21.2. The maximum Gasteiger partial charge on any atom is 0.328 e. The van der Waals surface area contributed by atoms with Gasteiger partial charge in [0.15, 0.2) is 0 Å². The van der Waals surface area contributed by atoms with Crippen LogP contribution in [-0.2, 0) is 5.92 Å². The molecule has 10 heteroatoms. The number of pyridine rings is 1. The molecular weight excluding hydrogens is 434 g/mol. The number of nitrogens with zero attached hydrogens (tertiary/aromatic N) is 3. The van der Waals surface area contributed by atoms with Gasteiger partial charge in [-0.2, -0.15) is 18.6 Å². The molecule has 0 aliphatic heterocycles. The van der Waals surface area contributed by atoms with Gasteiger partial charge < -0.3 is 20.4 Å². The lowest BCUT2D eigenvalue weighted by Gasteiger charge is -2.33. The number of carbonyl (C=O) groups excluding carboxylic acids is 1. The summed E-state index contributed by atoms with van der Waals surface area (Å²) in [5.74, 6) is -3.91. The minimum absolute atomic E-state index is 0.0592. The number of rotatable bonds is 5. The first kappa shape index (κ1) is 22.9. The van der Waals surface area contributed by atoms with Crippen LogP contribution >= 0.6 is 0 Å². The van der Waals surface area contributed by atoms with Crippen LogP contribution in [0.4, 0.5) is 14.5 Å². The van der Waals surface area contributed by atoms with Gasteiger partial charge in [-0.05, 0) is 44.7 Å². The summed E-state index contributed by atoms with van der Waals surface area (Å²) in [5, 5.41) is 30.5. The third-order valence-corrected chi connectivity index (χ3v) is 6.13. The molecule has 1 aliphatic carbocycles. The summed E-state index contributed by atoms with van der Waals surface area (Å²) in [6.07, 6.45) is 4.82. The minimum atomic E-state index is -3.39. The molecule has 0 spiro atoms. The van der Waals surface area contributed by atoms with Gasteiger partial charge in [0.1, 0.15) is 5.75 Å². The first-order valence-corrected chi connectivity index (χ1v) is 10.7.